The summed E-state index contributed by atoms with van der Waals surface area (Å²) in [4.78, 5) is 13.5. The molecule has 1 aliphatic heterocycles. The van der Waals surface area contributed by atoms with E-state index in [-0.39, 0.29) is 11.4 Å². The molecule has 86 valence electrons. The van der Waals surface area contributed by atoms with E-state index in [9.17, 15) is 4.79 Å². The first-order valence-electron chi connectivity index (χ1n) is 5.72. The summed E-state index contributed by atoms with van der Waals surface area (Å²) in [5.41, 5.74) is 0.120. The Labute approximate surface area is 92.5 Å². The molecule has 2 amide bonds. The third kappa shape index (κ3) is 4.86. The number of hydrogen-bond donors (Lipinski definition) is 1. The minimum atomic E-state index is 0.0372. The lowest BCUT2D eigenvalue weighted by Crippen LogP contribution is -2.40. The van der Waals surface area contributed by atoms with Gasteiger partial charge in [0, 0.05) is 19.3 Å². The molecule has 0 aromatic heterocycles. The zero-order valence-electron chi connectivity index (χ0n) is 10.0. The molecule has 1 heterocycles. The van der Waals surface area contributed by atoms with Crippen molar-refractivity contribution in [3.63, 3.8) is 0 Å². The number of urea groups is 1. The van der Waals surface area contributed by atoms with Gasteiger partial charge in [0.2, 0.25) is 0 Å². The monoisotopic (exact) mass is 210 g/mol. The van der Waals surface area contributed by atoms with E-state index in [2.05, 4.69) is 26.1 Å². The SMILES string of the molecule is CC(C)(C)/C=C/NC(=O)N1CCCCC1. The number of hydrogen-bond acceptors (Lipinski definition) is 1. The molecule has 15 heavy (non-hydrogen) atoms. The lowest BCUT2D eigenvalue weighted by atomic mass is 9.97. The van der Waals surface area contributed by atoms with Gasteiger partial charge >= 0.3 is 6.03 Å². The molecule has 1 aliphatic rings. The lowest BCUT2D eigenvalue weighted by molar-refractivity contribution is 0.190. The maximum Gasteiger partial charge on any atom is 0.321 e. The number of allylic oxidation sites excluding steroid dienone is 1. The van der Waals surface area contributed by atoms with Crippen LogP contribution in [0.3, 0.4) is 0 Å². The van der Waals surface area contributed by atoms with Gasteiger partial charge in [0.25, 0.3) is 0 Å². The highest BCUT2D eigenvalue weighted by Crippen LogP contribution is 2.13. The highest BCUT2D eigenvalue weighted by atomic mass is 16.2. The largest absolute Gasteiger partial charge is 0.325 e. The van der Waals surface area contributed by atoms with Crippen LogP contribution in [0.1, 0.15) is 40.0 Å². The first-order chi connectivity index (χ1) is 6.99. The maximum atomic E-state index is 11.6. The van der Waals surface area contributed by atoms with Crippen molar-refractivity contribution < 1.29 is 4.79 Å². The molecule has 3 heteroatoms. The second kappa shape index (κ2) is 5.19. The van der Waals surface area contributed by atoms with Crippen LogP contribution >= 0.6 is 0 Å². The van der Waals surface area contributed by atoms with Gasteiger partial charge in [-0.3, -0.25) is 0 Å². The zero-order valence-corrected chi connectivity index (χ0v) is 10.0. The number of carbonyl (C=O) groups is 1. The Bertz CT molecular complexity index is 234. The second-order valence-corrected chi connectivity index (χ2v) is 5.20. The molecule has 0 aromatic rings. The Morgan fingerprint density at radius 2 is 1.80 bits per heavy atom. The summed E-state index contributed by atoms with van der Waals surface area (Å²) in [6, 6.07) is 0.0372. The summed E-state index contributed by atoms with van der Waals surface area (Å²) >= 11 is 0. The Morgan fingerprint density at radius 1 is 1.20 bits per heavy atom. The van der Waals surface area contributed by atoms with Crippen LogP contribution in [0.15, 0.2) is 12.3 Å². The molecule has 1 fully saturated rings. The maximum absolute atomic E-state index is 11.6. The van der Waals surface area contributed by atoms with Gasteiger partial charge in [-0.05, 0) is 24.7 Å². The molecule has 1 saturated heterocycles. The van der Waals surface area contributed by atoms with Gasteiger partial charge in [-0.2, -0.15) is 0 Å². The summed E-state index contributed by atoms with van der Waals surface area (Å²) in [6.45, 7) is 8.12. The van der Waals surface area contributed by atoms with Crippen LogP contribution in [-0.2, 0) is 0 Å². The van der Waals surface area contributed by atoms with Gasteiger partial charge in [0.1, 0.15) is 0 Å². The standard InChI is InChI=1S/C12H22N2O/c1-12(2,3)7-8-13-11(15)14-9-5-4-6-10-14/h7-8H,4-6,9-10H2,1-3H3,(H,13,15)/b8-7+. The van der Waals surface area contributed by atoms with Gasteiger partial charge in [-0.1, -0.05) is 26.8 Å². The highest BCUT2D eigenvalue weighted by Gasteiger charge is 2.14. The number of nitrogens with zero attached hydrogens (tertiary/aromatic N) is 1. The number of carbonyl (C=O) groups excluding carboxylic acids is 1. The van der Waals surface area contributed by atoms with Crippen LogP contribution < -0.4 is 5.32 Å². The summed E-state index contributed by atoms with van der Waals surface area (Å²) in [5, 5.41) is 2.82. The Hall–Kier alpha value is -0.990. The van der Waals surface area contributed by atoms with E-state index in [1.165, 1.54) is 6.42 Å². The lowest BCUT2D eigenvalue weighted by Gasteiger charge is -2.26. The van der Waals surface area contributed by atoms with Crippen LogP contribution in [0.5, 0.6) is 0 Å². The fraction of sp³-hybridized carbons (Fsp3) is 0.750. The first-order valence-corrected chi connectivity index (χ1v) is 5.72. The van der Waals surface area contributed by atoms with E-state index in [1.54, 1.807) is 6.20 Å². The average molecular weight is 210 g/mol. The Balaban J connectivity index is 2.32. The number of amides is 2. The molecule has 1 N–H and O–H groups in total. The average Bonchev–Trinajstić information content (AvgIpc) is 2.17. The molecule has 0 unspecified atom stereocenters. The minimum absolute atomic E-state index is 0.0372. The van der Waals surface area contributed by atoms with E-state index in [4.69, 9.17) is 0 Å². The van der Waals surface area contributed by atoms with Crippen molar-refractivity contribution in [1.29, 1.82) is 0 Å². The predicted octanol–water partition coefficient (Wildman–Crippen LogP) is 2.74. The molecule has 0 spiro atoms. The molecule has 1 rings (SSSR count). The van der Waals surface area contributed by atoms with Crippen LogP contribution in [0.4, 0.5) is 4.79 Å². The van der Waals surface area contributed by atoms with Crippen molar-refractivity contribution in [1.82, 2.24) is 10.2 Å². The summed E-state index contributed by atoms with van der Waals surface area (Å²) in [6.07, 6.45) is 7.29. The fourth-order valence-corrected chi connectivity index (χ4v) is 1.55. The number of nitrogens with one attached hydrogen (secondary N) is 1. The van der Waals surface area contributed by atoms with Crippen LogP contribution in [0, 0.1) is 5.41 Å². The summed E-state index contributed by atoms with van der Waals surface area (Å²) in [7, 11) is 0. The first kappa shape index (κ1) is 12.1. The quantitative estimate of drug-likeness (QED) is 0.709. The molecule has 0 aliphatic carbocycles. The van der Waals surface area contributed by atoms with E-state index in [0.717, 1.165) is 25.9 Å². The topological polar surface area (TPSA) is 32.3 Å². The third-order valence-electron chi connectivity index (χ3n) is 2.43. The van der Waals surface area contributed by atoms with Gasteiger partial charge < -0.3 is 10.2 Å². The normalized spacial score (nSPS) is 18.2. The van der Waals surface area contributed by atoms with Crippen LogP contribution in [0.25, 0.3) is 0 Å². The van der Waals surface area contributed by atoms with Gasteiger partial charge in [0.05, 0.1) is 0 Å². The highest BCUT2D eigenvalue weighted by molar-refractivity contribution is 5.75. The van der Waals surface area contributed by atoms with E-state index < -0.39 is 0 Å². The van der Waals surface area contributed by atoms with E-state index in [1.807, 2.05) is 11.0 Å². The van der Waals surface area contributed by atoms with Crippen molar-refractivity contribution in [3.05, 3.63) is 12.3 Å². The van der Waals surface area contributed by atoms with Crippen LogP contribution in [-0.4, -0.2) is 24.0 Å². The number of likely N-dealkylation sites (tertiary alicyclic amines) is 1. The van der Waals surface area contributed by atoms with Crippen molar-refractivity contribution in [3.8, 4) is 0 Å². The van der Waals surface area contributed by atoms with E-state index >= 15 is 0 Å². The molecular formula is C12H22N2O. The van der Waals surface area contributed by atoms with Gasteiger partial charge in [0.15, 0.2) is 0 Å². The molecular weight excluding hydrogens is 188 g/mol. The molecule has 3 nitrogen and oxygen atoms in total. The van der Waals surface area contributed by atoms with Crippen molar-refractivity contribution >= 4 is 6.03 Å². The minimum Gasteiger partial charge on any atom is -0.325 e. The van der Waals surface area contributed by atoms with E-state index in [0.29, 0.717) is 0 Å². The number of piperidine rings is 1. The molecule has 0 bridgehead atoms. The van der Waals surface area contributed by atoms with Crippen LogP contribution in [0.2, 0.25) is 0 Å². The molecule has 0 aromatic carbocycles. The zero-order chi connectivity index (χ0) is 11.3. The Morgan fingerprint density at radius 3 is 2.33 bits per heavy atom. The smallest absolute Gasteiger partial charge is 0.321 e. The predicted molar refractivity (Wildman–Crippen MR) is 62.6 cm³/mol. The molecule has 0 atom stereocenters. The van der Waals surface area contributed by atoms with Crippen molar-refractivity contribution in [2.24, 2.45) is 5.41 Å². The molecule has 0 saturated carbocycles. The second-order valence-electron chi connectivity index (χ2n) is 5.20. The molecule has 0 radical (unpaired) electrons. The number of rotatable bonds is 1. The van der Waals surface area contributed by atoms with Crippen molar-refractivity contribution in [2.75, 3.05) is 13.1 Å². The van der Waals surface area contributed by atoms with Gasteiger partial charge in [-0.15, -0.1) is 0 Å². The third-order valence-corrected chi connectivity index (χ3v) is 2.43. The summed E-state index contributed by atoms with van der Waals surface area (Å²) in [5.74, 6) is 0. The Kier molecular flexibility index (Phi) is 4.18. The summed E-state index contributed by atoms with van der Waals surface area (Å²) < 4.78 is 0. The van der Waals surface area contributed by atoms with Gasteiger partial charge in [-0.25, -0.2) is 4.79 Å². The fourth-order valence-electron chi connectivity index (χ4n) is 1.55. The van der Waals surface area contributed by atoms with Crippen molar-refractivity contribution in [2.45, 2.75) is 40.0 Å².